The quantitative estimate of drug-likeness (QED) is 0.272. The van der Waals surface area contributed by atoms with Crippen molar-refractivity contribution >= 4 is 38.9 Å². The average molecular weight is 531 g/mol. The Labute approximate surface area is 215 Å². The summed E-state index contributed by atoms with van der Waals surface area (Å²) in [5, 5.41) is 23.7. The first kappa shape index (κ1) is 26.4. The number of pyridine rings is 1. The first-order valence-electron chi connectivity index (χ1n) is 11.5. The van der Waals surface area contributed by atoms with Gasteiger partial charge in [0.15, 0.2) is 0 Å². The van der Waals surface area contributed by atoms with E-state index in [1.54, 1.807) is 23.5 Å². The van der Waals surface area contributed by atoms with Gasteiger partial charge in [-0.15, -0.1) is 11.3 Å². The average Bonchev–Trinajstić information content (AvgIpc) is 3.31. The largest absolute Gasteiger partial charge is 0.508 e. The van der Waals surface area contributed by atoms with Crippen LogP contribution in [0, 0.1) is 0 Å². The lowest BCUT2D eigenvalue weighted by Gasteiger charge is -2.27. The molecule has 2 aromatic heterocycles. The van der Waals surface area contributed by atoms with Crippen LogP contribution < -0.4 is 10.6 Å². The normalized spacial score (nSPS) is 14.1. The van der Waals surface area contributed by atoms with Crippen molar-refractivity contribution in [2.45, 2.75) is 12.7 Å². The zero-order chi connectivity index (χ0) is 26.4. The van der Waals surface area contributed by atoms with Crippen molar-refractivity contribution in [1.29, 1.82) is 0 Å². The van der Waals surface area contributed by atoms with Gasteiger partial charge in [-0.3, -0.25) is 9.88 Å². The predicted octanol–water partition coefficient (Wildman–Crippen LogP) is 5.45. The summed E-state index contributed by atoms with van der Waals surface area (Å²) in [5.74, 6) is -2.51. The Balaban J connectivity index is 0.000000405. The van der Waals surface area contributed by atoms with Gasteiger partial charge in [-0.1, -0.05) is 30.3 Å². The van der Waals surface area contributed by atoms with Crippen molar-refractivity contribution in [3.05, 3.63) is 72.4 Å². The number of thiophene rings is 1. The number of alkyl halides is 3. The standard InChI is InChI=1S/C24H24N4OS.C2HF3O2/c29-20-3-1-2-19(14-20)27-21-8-9-26-22-15-23(30-24(21)22)18-6-4-17(5-7-18)16-28-12-10-25-11-13-28;3-2(4,5)1(6)7/h1-9,14-15,25,29H,10-13,16H2,(H,26,27);(H,6,7). The zero-order valence-corrected chi connectivity index (χ0v) is 20.4. The smallest absolute Gasteiger partial charge is 0.490 e. The van der Waals surface area contributed by atoms with Crippen molar-refractivity contribution in [3.63, 3.8) is 0 Å². The molecule has 1 aliphatic rings. The number of aromatic nitrogens is 1. The van der Waals surface area contributed by atoms with Gasteiger partial charge in [0.25, 0.3) is 0 Å². The molecule has 1 saturated heterocycles. The SMILES string of the molecule is O=C(O)C(F)(F)F.Oc1cccc(Nc2ccnc3cc(-c4ccc(CN5CCNCC5)cc4)sc23)c1. The molecule has 11 heteroatoms. The minimum absolute atomic E-state index is 0.248. The maximum absolute atomic E-state index is 10.6. The highest BCUT2D eigenvalue weighted by molar-refractivity contribution is 7.22. The molecule has 0 saturated carbocycles. The summed E-state index contributed by atoms with van der Waals surface area (Å²) in [5.41, 5.74) is 5.40. The highest BCUT2D eigenvalue weighted by atomic mass is 32.1. The molecule has 0 aliphatic carbocycles. The highest BCUT2D eigenvalue weighted by Gasteiger charge is 2.38. The summed E-state index contributed by atoms with van der Waals surface area (Å²) in [6, 6.07) is 20.2. The summed E-state index contributed by atoms with van der Waals surface area (Å²) in [7, 11) is 0. The van der Waals surface area contributed by atoms with E-state index in [0.29, 0.717) is 0 Å². The van der Waals surface area contributed by atoms with Crippen LogP contribution in [-0.2, 0) is 11.3 Å². The molecule has 0 amide bonds. The molecule has 3 heterocycles. The molecule has 4 aromatic rings. The van der Waals surface area contributed by atoms with Gasteiger partial charge in [0.2, 0.25) is 0 Å². The number of carbonyl (C=O) groups is 1. The molecule has 0 spiro atoms. The number of anilines is 2. The predicted molar refractivity (Wildman–Crippen MR) is 138 cm³/mol. The lowest BCUT2D eigenvalue weighted by Crippen LogP contribution is -2.42. The van der Waals surface area contributed by atoms with Crippen LogP contribution >= 0.6 is 11.3 Å². The molecular weight excluding hydrogens is 505 g/mol. The van der Waals surface area contributed by atoms with Gasteiger partial charge in [0.05, 0.1) is 15.9 Å². The number of carboxylic acid groups (broad SMARTS) is 1. The van der Waals surface area contributed by atoms with Gasteiger partial charge in [-0.05, 0) is 35.4 Å². The number of piperazine rings is 1. The molecule has 194 valence electrons. The maximum atomic E-state index is 10.6. The summed E-state index contributed by atoms with van der Waals surface area (Å²) in [6.07, 6.45) is -3.26. The van der Waals surface area contributed by atoms with Crippen molar-refractivity contribution < 1.29 is 28.2 Å². The van der Waals surface area contributed by atoms with Crippen LogP contribution in [0.4, 0.5) is 24.5 Å². The molecule has 7 nitrogen and oxygen atoms in total. The monoisotopic (exact) mass is 530 g/mol. The second-order valence-electron chi connectivity index (χ2n) is 8.38. The van der Waals surface area contributed by atoms with Gasteiger partial charge in [0, 0.05) is 55.6 Å². The number of aromatic hydroxyl groups is 1. The minimum Gasteiger partial charge on any atom is -0.508 e. The number of phenolic OH excluding ortho intramolecular Hbond substituents is 1. The number of hydrogen-bond acceptors (Lipinski definition) is 7. The Bertz CT molecular complexity index is 1350. The first-order valence-corrected chi connectivity index (χ1v) is 12.3. The molecule has 1 aliphatic heterocycles. The van der Waals surface area contributed by atoms with Gasteiger partial charge < -0.3 is 20.8 Å². The third-order valence-electron chi connectivity index (χ3n) is 5.63. The molecule has 5 rings (SSSR count). The van der Waals surface area contributed by atoms with E-state index in [-0.39, 0.29) is 5.75 Å². The van der Waals surface area contributed by atoms with Crippen molar-refractivity contribution in [2.75, 3.05) is 31.5 Å². The lowest BCUT2D eigenvalue weighted by molar-refractivity contribution is -0.192. The molecule has 0 radical (unpaired) electrons. The fraction of sp³-hybridized carbons (Fsp3) is 0.231. The molecule has 37 heavy (non-hydrogen) atoms. The zero-order valence-electron chi connectivity index (χ0n) is 19.6. The Morgan fingerprint density at radius 1 is 1.08 bits per heavy atom. The van der Waals surface area contributed by atoms with E-state index in [1.807, 2.05) is 24.4 Å². The number of aliphatic carboxylic acids is 1. The number of carboxylic acids is 1. The van der Waals surface area contributed by atoms with Crippen LogP contribution in [0.25, 0.3) is 20.7 Å². The molecule has 0 unspecified atom stereocenters. The summed E-state index contributed by atoms with van der Waals surface area (Å²) >= 11 is 1.74. The molecule has 2 aromatic carbocycles. The fourth-order valence-corrected chi connectivity index (χ4v) is 4.91. The van der Waals surface area contributed by atoms with Crippen LogP contribution in [-0.4, -0.2) is 58.4 Å². The van der Waals surface area contributed by atoms with E-state index in [4.69, 9.17) is 9.90 Å². The van der Waals surface area contributed by atoms with E-state index in [9.17, 15) is 18.3 Å². The number of halogens is 3. The molecule has 4 N–H and O–H groups in total. The van der Waals surface area contributed by atoms with E-state index in [1.165, 1.54) is 16.0 Å². The van der Waals surface area contributed by atoms with E-state index < -0.39 is 12.1 Å². The highest BCUT2D eigenvalue weighted by Crippen LogP contribution is 2.37. The van der Waals surface area contributed by atoms with Gasteiger partial charge in [-0.25, -0.2) is 4.79 Å². The number of phenols is 1. The Kier molecular flexibility index (Phi) is 8.27. The van der Waals surface area contributed by atoms with Gasteiger partial charge >= 0.3 is 12.1 Å². The van der Waals surface area contributed by atoms with E-state index in [0.717, 1.165) is 54.3 Å². The van der Waals surface area contributed by atoms with Crippen LogP contribution in [0.15, 0.2) is 66.9 Å². The second-order valence-corrected chi connectivity index (χ2v) is 9.44. The number of rotatable bonds is 5. The fourth-order valence-electron chi connectivity index (χ4n) is 3.82. The molecular formula is C26H25F3N4O3S. The van der Waals surface area contributed by atoms with Crippen molar-refractivity contribution in [3.8, 4) is 16.2 Å². The topological polar surface area (TPSA) is 97.7 Å². The van der Waals surface area contributed by atoms with Crippen LogP contribution in [0.3, 0.4) is 0 Å². The van der Waals surface area contributed by atoms with Gasteiger partial charge in [0.1, 0.15) is 5.75 Å². The third-order valence-corrected chi connectivity index (χ3v) is 6.84. The summed E-state index contributed by atoms with van der Waals surface area (Å²) in [6.45, 7) is 5.38. The van der Waals surface area contributed by atoms with Crippen molar-refractivity contribution in [2.24, 2.45) is 0 Å². The maximum Gasteiger partial charge on any atom is 0.490 e. The third kappa shape index (κ3) is 7.19. The van der Waals surface area contributed by atoms with Crippen LogP contribution in [0.2, 0.25) is 0 Å². The number of hydrogen-bond donors (Lipinski definition) is 4. The van der Waals surface area contributed by atoms with Gasteiger partial charge in [-0.2, -0.15) is 13.2 Å². The van der Waals surface area contributed by atoms with Crippen molar-refractivity contribution in [1.82, 2.24) is 15.2 Å². The summed E-state index contributed by atoms with van der Waals surface area (Å²) in [4.78, 5) is 17.1. The number of nitrogens with zero attached hydrogens (tertiary/aromatic N) is 2. The first-order chi connectivity index (χ1) is 17.7. The van der Waals surface area contributed by atoms with E-state index >= 15 is 0 Å². The minimum atomic E-state index is -5.08. The molecule has 0 atom stereocenters. The van der Waals surface area contributed by atoms with Crippen LogP contribution in [0.5, 0.6) is 5.75 Å². The van der Waals surface area contributed by atoms with Crippen LogP contribution in [0.1, 0.15) is 5.56 Å². The lowest BCUT2D eigenvalue weighted by atomic mass is 10.1. The Hall–Kier alpha value is -3.67. The number of benzene rings is 2. The Morgan fingerprint density at radius 2 is 1.78 bits per heavy atom. The molecule has 0 bridgehead atoms. The molecule has 1 fully saturated rings. The number of nitrogens with one attached hydrogen (secondary N) is 2. The van der Waals surface area contributed by atoms with E-state index in [2.05, 4.69) is 50.8 Å². The Morgan fingerprint density at radius 3 is 2.43 bits per heavy atom. The summed E-state index contributed by atoms with van der Waals surface area (Å²) < 4.78 is 32.8. The second kappa shape index (κ2) is 11.6. The number of fused-ring (bicyclic) bond motifs is 1.